The topological polar surface area (TPSA) is 45.0 Å². The summed E-state index contributed by atoms with van der Waals surface area (Å²) in [6.07, 6.45) is 2.59. The number of hydrogen-bond acceptors (Lipinski definition) is 3. The maximum Gasteiger partial charge on any atom is 0.127 e. The molecule has 1 saturated carbocycles. The van der Waals surface area contributed by atoms with Gasteiger partial charge in [0.15, 0.2) is 0 Å². The maximum atomic E-state index is 8.77. The van der Waals surface area contributed by atoms with Crippen LogP contribution in [0.2, 0.25) is 0 Å². The summed E-state index contributed by atoms with van der Waals surface area (Å²) >= 11 is 0. The molecule has 3 heteroatoms. The predicted molar refractivity (Wildman–Crippen MR) is 77.5 cm³/mol. The first-order chi connectivity index (χ1) is 9.83. The van der Waals surface area contributed by atoms with Gasteiger partial charge in [-0.15, -0.1) is 0 Å². The Morgan fingerprint density at radius 1 is 1.10 bits per heavy atom. The molecule has 0 atom stereocenters. The average Bonchev–Trinajstić information content (AvgIpc) is 3.31. The highest BCUT2D eigenvalue weighted by Crippen LogP contribution is 2.23. The predicted octanol–water partition coefficient (Wildman–Crippen LogP) is 3.60. The first-order valence-electron chi connectivity index (χ1n) is 6.84. The molecule has 0 bridgehead atoms. The molecule has 20 heavy (non-hydrogen) atoms. The molecular weight excluding hydrogens is 248 g/mol. The molecule has 0 aromatic heterocycles. The summed E-state index contributed by atoms with van der Waals surface area (Å²) in [6.45, 7) is 0.884. The molecule has 1 aliphatic carbocycles. The van der Waals surface area contributed by atoms with Gasteiger partial charge in [0.25, 0.3) is 0 Å². The smallest absolute Gasteiger partial charge is 0.127 e. The lowest BCUT2D eigenvalue weighted by atomic mass is 10.2. The van der Waals surface area contributed by atoms with Crippen molar-refractivity contribution in [2.75, 3.05) is 0 Å². The van der Waals surface area contributed by atoms with Crippen molar-refractivity contribution in [3.8, 4) is 17.6 Å². The van der Waals surface area contributed by atoms with Crippen molar-refractivity contribution in [2.45, 2.75) is 25.4 Å². The van der Waals surface area contributed by atoms with E-state index in [9.17, 15) is 0 Å². The minimum Gasteiger partial charge on any atom is -0.457 e. The minimum atomic E-state index is 0.639. The van der Waals surface area contributed by atoms with Gasteiger partial charge in [0, 0.05) is 12.6 Å². The zero-order valence-corrected chi connectivity index (χ0v) is 11.2. The van der Waals surface area contributed by atoms with Crippen LogP contribution in [0.15, 0.2) is 48.5 Å². The van der Waals surface area contributed by atoms with Gasteiger partial charge in [-0.25, -0.2) is 0 Å². The molecule has 0 saturated heterocycles. The second-order valence-corrected chi connectivity index (χ2v) is 5.04. The quantitative estimate of drug-likeness (QED) is 0.897. The van der Waals surface area contributed by atoms with Crippen LogP contribution in [0, 0.1) is 11.3 Å². The molecule has 0 amide bonds. The largest absolute Gasteiger partial charge is 0.457 e. The lowest BCUT2D eigenvalue weighted by Crippen LogP contribution is -2.15. The van der Waals surface area contributed by atoms with Crippen LogP contribution in [-0.4, -0.2) is 6.04 Å². The summed E-state index contributed by atoms with van der Waals surface area (Å²) in [5.74, 6) is 1.57. The summed E-state index contributed by atoms with van der Waals surface area (Å²) in [5.41, 5.74) is 1.86. The van der Waals surface area contributed by atoms with Crippen LogP contribution < -0.4 is 10.1 Å². The molecule has 0 heterocycles. The van der Waals surface area contributed by atoms with Crippen molar-refractivity contribution in [3.05, 3.63) is 59.7 Å². The van der Waals surface area contributed by atoms with Crippen molar-refractivity contribution in [2.24, 2.45) is 0 Å². The van der Waals surface area contributed by atoms with E-state index in [1.54, 1.807) is 12.1 Å². The second-order valence-electron chi connectivity index (χ2n) is 5.04. The standard InChI is InChI=1S/C17H16N2O/c18-11-13-4-8-16(9-5-13)20-17-3-1-2-14(10-17)12-19-15-6-7-15/h1-5,8-10,15,19H,6-7,12H2. The van der Waals surface area contributed by atoms with Crippen molar-refractivity contribution in [1.82, 2.24) is 5.32 Å². The van der Waals surface area contributed by atoms with Gasteiger partial charge in [0.05, 0.1) is 11.6 Å². The third-order valence-electron chi connectivity index (χ3n) is 3.29. The number of nitriles is 1. The Hall–Kier alpha value is -2.31. The molecule has 0 radical (unpaired) electrons. The number of hydrogen-bond donors (Lipinski definition) is 1. The Balaban J connectivity index is 1.66. The highest BCUT2D eigenvalue weighted by Gasteiger charge is 2.19. The summed E-state index contributed by atoms with van der Waals surface area (Å²) < 4.78 is 5.80. The number of nitrogens with zero attached hydrogens (tertiary/aromatic N) is 1. The molecule has 1 N–H and O–H groups in total. The lowest BCUT2D eigenvalue weighted by molar-refractivity contribution is 0.481. The van der Waals surface area contributed by atoms with Gasteiger partial charge < -0.3 is 10.1 Å². The van der Waals surface area contributed by atoms with E-state index in [1.807, 2.05) is 30.3 Å². The van der Waals surface area contributed by atoms with Crippen LogP contribution in [0.3, 0.4) is 0 Å². The fraction of sp³-hybridized carbons (Fsp3) is 0.235. The highest BCUT2D eigenvalue weighted by atomic mass is 16.5. The van der Waals surface area contributed by atoms with Crippen molar-refractivity contribution >= 4 is 0 Å². The monoisotopic (exact) mass is 264 g/mol. The average molecular weight is 264 g/mol. The van der Waals surface area contributed by atoms with Crippen LogP contribution in [0.5, 0.6) is 11.5 Å². The molecule has 3 nitrogen and oxygen atoms in total. The normalized spacial score (nSPS) is 13.8. The number of rotatable bonds is 5. The summed E-state index contributed by atoms with van der Waals surface area (Å²) in [4.78, 5) is 0. The van der Waals surface area contributed by atoms with E-state index in [0.29, 0.717) is 11.6 Å². The van der Waals surface area contributed by atoms with Crippen LogP contribution in [0.4, 0.5) is 0 Å². The minimum absolute atomic E-state index is 0.639. The Labute approximate surface area is 118 Å². The molecule has 1 fully saturated rings. The van der Waals surface area contributed by atoms with E-state index in [0.717, 1.165) is 18.0 Å². The first kappa shape index (κ1) is 12.7. The second kappa shape index (κ2) is 5.77. The molecule has 3 rings (SSSR count). The molecule has 2 aromatic carbocycles. The molecule has 1 aliphatic rings. The summed E-state index contributed by atoms with van der Waals surface area (Å²) in [5, 5.41) is 12.3. The van der Waals surface area contributed by atoms with E-state index in [-0.39, 0.29) is 0 Å². The van der Waals surface area contributed by atoms with E-state index < -0.39 is 0 Å². The van der Waals surface area contributed by atoms with E-state index >= 15 is 0 Å². The Morgan fingerprint density at radius 3 is 2.60 bits per heavy atom. The molecular formula is C17H16N2O. The zero-order valence-electron chi connectivity index (χ0n) is 11.2. The molecule has 100 valence electrons. The van der Waals surface area contributed by atoms with Crippen LogP contribution in [0.1, 0.15) is 24.0 Å². The Morgan fingerprint density at radius 2 is 1.90 bits per heavy atom. The van der Waals surface area contributed by atoms with Gasteiger partial charge in [0.1, 0.15) is 11.5 Å². The molecule has 0 unspecified atom stereocenters. The Kier molecular flexibility index (Phi) is 3.67. The van der Waals surface area contributed by atoms with Crippen LogP contribution >= 0.6 is 0 Å². The number of nitrogens with one attached hydrogen (secondary N) is 1. The van der Waals surface area contributed by atoms with Crippen LogP contribution in [0.25, 0.3) is 0 Å². The van der Waals surface area contributed by atoms with Gasteiger partial charge >= 0.3 is 0 Å². The van der Waals surface area contributed by atoms with Crippen LogP contribution in [-0.2, 0) is 6.54 Å². The van der Waals surface area contributed by atoms with E-state index in [2.05, 4.69) is 17.5 Å². The highest BCUT2D eigenvalue weighted by molar-refractivity contribution is 5.38. The lowest BCUT2D eigenvalue weighted by Gasteiger charge is -2.08. The SMILES string of the molecule is N#Cc1ccc(Oc2cccc(CNC3CC3)c2)cc1. The van der Waals surface area contributed by atoms with Gasteiger partial charge in [0.2, 0.25) is 0 Å². The van der Waals surface area contributed by atoms with Gasteiger partial charge in [-0.1, -0.05) is 12.1 Å². The van der Waals surface area contributed by atoms with Gasteiger partial charge in [-0.2, -0.15) is 5.26 Å². The van der Waals surface area contributed by atoms with Crippen molar-refractivity contribution in [3.63, 3.8) is 0 Å². The molecule has 0 aliphatic heterocycles. The van der Waals surface area contributed by atoms with Gasteiger partial charge in [-0.3, -0.25) is 0 Å². The number of ether oxygens (including phenoxy) is 1. The molecule has 2 aromatic rings. The first-order valence-corrected chi connectivity index (χ1v) is 6.84. The molecule has 0 spiro atoms. The summed E-state index contributed by atoms with van der Waals surface area (Å²) in [7, 11) is 0. The zero-order chi connectivity index (χ0) is 13.8. The third-order valence-corrected chi connectivity index (χ3v) is 3.29. The van der Waals surface area contributed by atoms with E-state index in [4.69, 9.17) is 10.00 Å². The van der Waals surface area contributed by atoms with E-state index in [1.165, 1.54) is 18.4 Å². The maximum absolute atomic E-state index is 8.77. The Bertz CT molecular complexity index is 624. The van der Waals surface area contributed by atoms with Crippen molar-refractivity contribution in [1.29, 1.82) is 5.26 Å². The van der Waals surface area contributed by atoms with Gasteiger partial charge in [-0.05, 0) is 54.8 Å². The van der Waals surface area contributed by atoms with Crippen molar-refractivity contribution < 1.29 is 4.74 Å². The number of benzene rings is 2. The third kappa shape index (κ3) is 3.37. The fourth-order valence-electron chi connectivity index (χ4n) is 2.00. The fourth-order valence-corrected chi connectivity index (χ4v) is 2.00. The summed E-state index contributed by atoms with van der Waals surface area (Å²) in [6, 6.07) is 18.0.